The second-order valence-electron chi connectivity index (χ2n) is 5.92. The van der Waals surface area contributed by atoms with E-state index in [0.717, 1.165) is 37.8 Å². The van der Waals surface area contributed by atoms with E-state index in [-0.39, 0.29) is 0 Å². The van der Waals surface area contributed by atoms with Gasteiger partial charge >= 0.3 is 12.5 Å². The number of ether oxygens (including phenoxy) is 2. The molecule has 1 aromatic carbocycles. The zero-order valence-electron chi connectivity index (χ0n) is 13.0. The molecule has 1 aliphatic rings. The van der Waals surface area contributed by atoms with Gasteiger partial charge in [-0.1, -0.05) is 6.08 Å². The Kier molecular flexibility index (Phi) is 5.85. The van der Waals surface area contributed by atoms with Gasteiger partial charge in [0.2, 0.25) is 0 Å². The van der Waals surface area contributed by atoms with Gasteiger partial charge in [-0.25, -0.2) is 4.74 Å². The zero-order chi connectivity index (χ0) is 17.8. The largest absolute Gasteiger partial charge is 0.527 e. The van der Waals surface area contributed by atoms with Crippen molar-refractivity contribution >= 4 is 0 Å². The second-order valence-corrected chi connectivity index (χ2v) is 5.92. The van der Waals surface area contributed by atoms with Gasteiger partial charge in [-0.05, 0) is 61.8 Å². The van der Waals surface area contributed by atoms with Gasteiger partial charge in [0.15, 0.2) is 0 Å². The molecule has 7 heteroatoms. The normalized spacial score (nSPS) is 22.2. The van der Waals surface area contributed by atoms with Gasteiger partial charge in [0.05, 0.1) is 12.2 Å². The molecule has 0 atom stereocenters. The number of alkyl halides is 5. The van der Waals surface area contributed by atoms with Gasteiger partial charge in [0.25, 0.3) is 0 Å². The summed E-state index contributed by atoms with van der Waals surface area (Å²) in [6, 6.07) is 4.18. The molecule has 0 spiro atoms. The van der Waals surface area contributed by atoms with Crippen molar-refractivity contribution in [3.63, 3.8) is 0 Å². The Bertz CT molecular complexity index is 531. The summed E-state index contributed by atoms with van der Waals surface area (Å²) in [5.41, 5.74) is -0.876. The highest BCUT2D eigenvalue weighted by Crippen LogP contribution is 2.37. The number of hydrogen-bond donors (Lipinski definition) is 0. The lowest BCUT2D eigenvalue weighted by molar-refractivity contribution is -0.431. The third kappa shape index (κ3) is 5.47. The summed E-state index contributed by atoms with van der Waals surface area (Å²) in [6.45, 7) is 4.24. The molecule has 2 rings (SSSR count). The van der Waals surface area contributed by atoms with Crippen molar-refractivity contribution in [2.24, 2.45) is 11.8 Å². The SMILES string of the molecule is C=CC1CCC(COc2ccc(C(F)(F)OC(F)(F)F)cc2)CC1. The molecule has 0 radical (unpaired) electrons. The maximum absolute atomic E-state index is 13.3. The lowest BCUT2D eigenvalue weighted by Crippen LogP contribution is -2.27. The number of rotatable bonds is 6. The van der Waals surface area contributed by atoms with E-state index in [1.54, 1.807) is 0 Å². The summed E-state index contributed by atoms with van der Waals surface area (Å²) in [5.74, 6) is 1.26. The van der Waals surface area contributed by atoms with Crippen LogP contribution in [0.1, 0.15) is 31.2 Å². The first-order valence-corrected chi connectivity index (χ1v) is 7.70. The molecule has 24 heavy (non-hydrogen) atoms. The molecule has 0 aromatic heterocycles. The first-order valence-electron chi connectivity index (χ1n) is 7.70. The monoisotopic (exact) mass is 350 g/mol. The molecule has 0 aliphatic heterocycles. The number of allylic oxidation sites excluding steroid dienone is 1. The molecule has 0 unspecified atom stereocenters. The van der Waals surface area contributed by atoms with Crippen LogP contribution >= 0.6 is 0 Å². The highest BCUT2D eigenvalue weighted by molar-refractivity contribution is 5.29. The summed E-state index contributed by atoms with van der Waals surface area (Å²) >= 11 is 0. The summed E-state index contributed by atoms with van der Waals surface area (Å²) in [4.78, 5) is 0. The fourth-order valence-corrected chi connectivity index (χ4v) is 2.75. The van der Waals surface area contributed by atoms with Crippen LogP contribution in [0.15, 0.2) is 36.9 Å². The van der Waals surface area contributed by atoms with Gasteiger partial charge in [0, 0.05) is 0 Å². The molecule has 0 heterocycles. The van der Waals surface area contributed by atoms with E-state index in [4.69, 9.17) is 4.74 Å². The lowest BCUT2D eigenvalue weighted by Gasteiger charge is -2.26. The van der Waals surface area contributed by atoms with Crippen LogP contribution in [0.25, 0.3) is 0 Å². The quantitative estimate of drug-likeness (QED) is 0.488. The molecule has 0 saturated heterocycles. The van der Waals surface area contributed by atoms with Crippen molar-refractivity contribution in [2.45, 2.75) is 38.2 Å². The third-order valence-corrected chi connectivity index (χ3v) is 4.14. The predicted molar refractivity (Wildman–Crippen MR) is 78.6 cm³/mol. The molecule has 2 nitrogen and oxygen atoms in total. The molecule has 0 amide bonds. The van der Waals surface area contributed by atoms with E-state index in [0.29, 0.717) is 24.2 Å². The second kappa shape index (κ2) is 7.51. The summed E-state index contributed by atoms with van der Waals surface area (Å²) < 4.78 is 71.0. The van der Waals surface area contributed by atoms with Crippen LogP contribution in [-0.2, 0) is 10.8 Å². The topological polar surface area (TPSA) is 18.5 Å². The Labute approximate surface area is 137 Å². The third-order valence-electron chi connectivity index (χ3n) is 4.14. The Balaban J connectivity index is 1.87. The van der Waals surface area contributed by atoms with Gasteiger partial charge in [-0.3, -0.25) is 0 Å². The van der Waals surface area contributed by atoms with Crippen molar-refractivity contribution in [1.29, 1.82) is 0 Å². The fraction of sp³-hybridized carbons (Fsp3) is 0.529. The van der Waals surface area contributed by atoms with Crippen LogP contribution in [0.5, 0.6) is 5.75 Å². The van der Waals surface area contributed by atoms with Crippen molar-refractivity contribution in [3.8, 4) is 5.75 Å². The minimum atomic E-state index is -5.41. The maximum Gasteiger partial charge on any atom is 0.527 e. The predicted octanol–water partition coefficient (Wildman–Crippen LogP) is 5.64. The minimum absolute atomic E-state index is 0.340. The molecule has 1 fully saturated rings. The van der Waals surface area contributed by atoms with Crippen molar-refractivity contribution in [1.82, 2.24) is 0 Å². The van der Waals surface area contributed by atoms with Gasteiger partial charge in [-0.15, -0.1) is 19.8 Å². The standard InChI is InChI=1S/C17H19F5O2/c1-2-12-3-5-13(6-4-12)11-23-15-9-7-14(8-10-15)16(18,19)24-17(20,21)22/h2,7-10,12-13H,1,3-6,11H2. The highest BCUT2D eigenvalue weighted by Gasteiger charge is 2.46. The Morgan fingerprint density at radius 2 is 1.58 bits per heavy atom. The van der Waals surface area contributed by atoms with E-state index < -0.39 is 18.0 Å². The average Bonchev–Trinajstić information content (AvgIpc) is 2.51. The summed E-state index contributed by atoms with van der Waals surface area (Å²) in [6.07, 6.45) is -3.77. The fourth-order valence-electron chi connectivity index (χ4n) is 2.75. The minimum Gasteiger partial charge on any atom is -0.493 e. The van der Waals surface area contributed by atoms with Gasteiger partial charge < -0.3 is 4.74 Å². The van der Waals surface area contributed by atoms with Crippen LogP contribution in [0, 0.1) is 11.8 Å². The summed E-state index contributed by atoms with van der Waals surface area (Å²) in [5, 5.41) is 0. The molecule has 1 saturated carbocycles. The lowest BCUT2D eigenvalue weighted by atomic mass is 9.82. The molecule has 0 N–H and O–H groups in total. The van der Waals surface area contributed by atoms with E-state index in [9.17, 15) is 22.0 Å². The van der Waals surface area contributed by atoms with Crippen molar-refractivity contribution in [3.05, 3.63) is 42.5 Å². The highest BCUT2D eigenvalue weighted by atomic mass is 19.4. The first kappa shape index (κ1) is 18.7. The smallest absolute Gasteiger partial charge is 0.493 e. The number of hydrogen-bond acceptors (Lipinski definition) is 2. The van der Waals surface area contributed by atoms with Gasteiger partial charge in [-0.2, -0.15) is 8.78 Å². The maximum atomic E-state index is 13.3. The van der Waals surface area contributed by atoms with Crippen LogP contribution in [0.3, 0.4) is 0 Å². The van der Waals surface area contributed by atoms with Crippen molar-refractivity contribution in [2.75, 3.05) is 6.61 Å². The van der Waals surface area contributed by atoms with Gasteiger partial charge in [0.1, 0.15) is 5.75 Å². The Morgan fingerprint density at radius 3 is 2.08 bits per heavy atom. The first-order chi connectivity index (χ1) is 11.2. The molecule has 134 valence electrons. The van der Waals surface area contributed by atoms with Crippen LogP contribution < -0.4 is 4.74 Å². The number of halogens is 5. The molecule has 1 aromatic rings. The van der Waals surface area contributed by atoms with Crippen LogP contribution in [-0.4, -0.2) is 13.0 Å². The number of benzene rings is 1. The van der Waals surface area contributed by atoms with Crippen LogP contribution in [0.4, 0.5) is 22.0 Å². The van der Waals surface area contributed by atoms with E-state index in [2.05, 4.69) is 11.3 Å². The van der Waals surface area contributed by atoms with E-state index in [1.165, 1.54) is 12.1 Å². The Hall–Kier alpha value is -1.63. The van der Waals surface area contributed by atoms with Crippen LogP contribution in [0.2, 0.25) is 0 Å². The Morgan fingerprint density at radius 1 is 1.00 bits per heavy atom. The van der Waals surface area contributed by atoms with E-state index >= 15 is 0 Å². The zero-order valence-corrected chi connectivity index (χ0v) is 13.0. The summed E-state index contributed by atoms with van der Waals surface area (Å²) in [7, 11) is 0. The van der Waals surface area contributed by atoms with E-state index in [1.807, 2.05) is 6.08 Å². The molecule has 1 aliphatic carbocycles. The molecular formula is C17H19F5O2. The average molecular weight is 350 g/mol. The molecular weight excluding hydrogens is 331 g/mol. The van der Waals surface area contributed by atoms with Crippen molar-refractivity contribution < 1.29 is 31.4 Å². The molecule has 0 bridgehead atoms.